The fourth-order valence-corrected chi connectivity index (χ4v) is 0. The van der Waals surface area contributed by atoms with Gasteiger partial charge in [-0.15, -0.1) is 0 Å². The molecule has 0 saturated heterocycles. The van der Waals surface area contributed by atoms with Crippen molar-refractivity contribution in [2.45, 2.75) is 6.92 Å². The number of rotatable bonds is 0. The van der Waals surface area contributed by atoms with Gasteiger partial charge >= 0.3 is 45.2 Å². The molecular weight excluding hydrogens is 251 g/mol. The largest absolute Gasteiger partial charge is 1.00 e. The Labute approximate surface area is 104 Å². The minimum atomic E-state index is -4.64. The molecule has 0 aromatic heterocycles. The predicted molar refractivity (Wildman–Crippen MR) is 44.4 cm³/mol. The quantitative estimate of drug-likeness (QED) is 0.167. The van der Waals surface area contributed by atoms with Gasteiger partial charge in [0, 0.05) is 0 Å². The van der Waals surface area contributed by atoms with E-state index in [4.69, 9.17) is 44.2 Å². The first-order valence-corrected chi connectivity index (χ1v) is 5.81. The molecule has 0 saturated carbocycles. The Morgan fingerprint density at radius 3 is 1.00 bits per heavy atom. The molecule has 0 fully saturated rings. The standard InChI is InChI=1S/C2H7N.Na.2H3O4P.H/c1-2-3;;2*1-5(2,3)4;/h2-3H2,1H3;;2*(H3,1,2,3,4);/q;+1;;;-1. The van der Waals surface area contributed by atoms with Crippen molar-refractivity contribution in [1.82, 2.24) is 0 Å². The maximum Gasteiger partial charge on any atom is 1.00 e. The Bertz CT molecular complexity index is 155. The molecular formula is C2H14NNaO8P2. The first-order chi connectivity index (χ1) is 5.41. The Kier molecular flexibility index (Phi) is 21.4. The van der Waals surface area contributed by atoms with Gasteiger partial charge in [0.1, 0.15) is 0 Å². The third kappa shape index (κ3) is 1400. The van der Waals surface area contributed by atoms with Gasteiger partial charge in [0.25, 0.3) is 0 Å². The predicted octanol–water partition coefficient (Wildman–Crippen LogP) is -4.78. The molecule has 0 aliphatic rings. The van der Waals surface area contributed by atoms with Gasteiger partial charge < -0.3 is 36.5 Å². The smallest absolute Gasteiger partial charge is 1.00 e. The van der Waals surface area contributed by atoms with Gasteiger partial charge in [-0.1, -0.05) is 6.92 Å². The van der Waals surface area contributed by atoms with Crippen molar-refractivity contribution in [3.05, 3.63) is 0 Å². The zero-order valence-electron chi connectivity index (χ0n) is 8.68. The molecule has 0 amide bonds. The van der Waals surface area contributed by atoms with Crippen molar-refractivity contribution in [2.24, 2.45) is 5.73 Å². The van der Waals surface area contributed by atoms with E-state index in [9.17, 15) is 0 Å². The van der Waals surface area contributed by atoms with Crippen LogP contribution in [0.5, 0.6) is 0 Å². The maximum absolute atomic E-state index is 8.88. The van der Waals surface area contributed by atoms with Crippen molar-refractivity contribution >= 4 is 15.6 Å². The van der Waals surface area contributed by atoms with Crippen molar-refractivity contribution in [2.75, 3.05) is 6.54 Å². The van der Waals surface area contributed by atoms with Crippen LogP contribution in [0.25, 0.3) is 0 Å². The van der Waals surface area contributed by atoms with E-state index in [0.29, 0.717) is 0 Å². The van der Waals surface area contributed by atoms with E-state index in [1.807, 2.05) is 6.92 Å². The van der Waals surface area contributed by atoms with Crippen LogP contribution in [0.1, 0.15) is 8.35 Å². The van der Waals surface area contributed by atoms with Crippen LogP contribution in [0.3, 0.4) is 0 Å². The topological polar surface area (TPSA) is 182 Å². The van der Waals surface area contributed by atoms with Crippen LogP contribution < -0.4 is 35.3 Å². The van der Waals surface area contributed by atoms with Gasteiger partial charge in [0.05, 0.1) is 0 Å². The molecule has 0 aliphatic heterocycles. The van der Waals surface area contributed by atoms with Gasteiger partial charge in [0.2, 0.25) is 0 Å². The van der Waals surface area contributed by atoms with Gasteiger partial charge in [-0.2, -0.15) is 0 Å². The zero-order chi connectivity index (χ0) is 11.7. The normalized spacial score (nSPS) is 9.71. The molecule has 14 heavy (non-hydrogen) atoms. The Morgan fingerprint density at radius 1 is 1.00 bits per heavy atom. The second-order valence-electron chi connectivity index (χ2n) is 1.43. The van der Waals surface area contributed by atoms with Crippen molar-refractivity contribution < 1.29 is 69.5 Å². The van der Waals surface area contributed by atoms with Gasteiger partial charge in [-0.3, -0.25) is 0 Å². The van der Waals surface area contributed by atoms with E-state index >= 15 is 0 Å². The summed E-state index contributed by atoms with van der Waals surface area (Å²) >= 11 is 0. The molecule has 0 aromatic rings. The average molecular weight is 265 g/mol. The van der Waals surface area contributed by atoms with E-state index < -0.39 is 15.6 Å². The van der Waals surface area contributed by atoms with E-state index in [1.54, 1.807) is 0 Å². The molecule has 0 radical (unpaired) electrons. The van der Waals surface area contributed by atoms with Crippen molar-refractivity contribution in [3.63, 3.8) is 0 Å². The minimum Gasteiger partial charge on any atom is -1.00 e. The molecule has 0 unspecified atom stereocenters. The molecule has 9 nitrogen and oxygen atoms in total. The summed E-state index contributed by atoms with van der Waals surface area (Å²) in [4.78, 5) is 43.1. The van der Waals surface area contributed by atoms with E-state index in [0.717, 1.165) is 6.54 Å². The van der Waals surface area contributed by atoms with Crippen LogP contribution in [-0.4, -0.2) is 35.9 Å². The van der Waals surface area contributed by atoms with E-state index in [-0.39, 0.29) is 31.0 Å². The molecule has 12 heteroatoms. The van der Waals surface area contributed by atoms with E-state index in [1.165, 1.54) is 0 Å². The summed E-state index contributed by atoms with van der Waals surface area (Å²) in [6.45, 7) is 2.65. The van der Waals surface area contributed by atoms with Gasteiger partial charge in [-0.05, 0) is 6.54 Å². The number of hydrogen-bond donors (Lipinski definition) is 7. The molecule has 8 N–H and O–H groups in total. The maximum atomic E-state index is 8.88. The third-order valence-electron chi connectivity index (χ3n) is 0. The summed E-state index contributed by atoms with van der Waals surface area (Å²) in [5, 5.41) is 0. The second-order valence-corrected chi connectivity index (χ2v) is 3.49. The summed E-state index contributed by atoms with van der Waals surface area (Å²) in [5.41, 5.74) is 4.85. The number of hydrogen-bond acceptors (Lipinski definition) is 3. The average Bonchev–Trinajstić information content (AvgIpc) is 1.52. The third-order valence-corrected chi connectivity index (χ3v) is 0. The van der Waals surface area contributed by atoms with Gasteiger partial charge in [0.15, 0.2) is 0 Å². The van der Waals surface area contributed by atoms with Crippen LogP contribution in [0.2, 0.25) is 0 Å². The Balaban J connectivity index is -0.0000000322. The summed E-state index contributed by atoms with van der Waals surface area (Å²) in [6, 6.07) is 0. The van der Waals surface area contributed by atoms with Crippen LogP contribution in [-0.2, 0) is 9.13 Å². The fraction of sp³-hybridized carbons (Fsp3) is 1.00. The van der Waals surface area contributed by atoms with Crippen LogP contribution in [0.4, 0.5) is 0 Å². The Morgan fingerprint density at radius 2 is 1.00 bits per heavy atom. The number of phosphoric acid groups is 2. The molecule has 0 bridgehead atoms. The molecule has 0 aliphatic carbocycles. The second kappa shape index (κ2) is 12.3. The Hall–Kier alpha value is 1.18. The first kappa shape index (κ1) is 24.4. The molecule has 0 spiro atoms. The SMILES string of the molecule is CCN.O=P(O)(O)O.O=P(O)(O)O.[H-].[Na+]. The first-order valence-electron chi connectivity index (χ1n) is 2.68. The van der Waals surface area contributed by atoms with Crippen LogP contribution in [0, 0.1) is 0 Å². The summed E-state index contributed by atoms with van der Waals surface area (Å²) < 4.78 is 17.8. The molecule has 0 rings (SSSR count). The van der Waals surface area contributed by atoms with Crippen molar-refractivity contribution in [1.29, 1.82) is 0 Å². The van der Waals surface area contributed by atoms with E-state index in [2.05, 4.69) is 0 Å². The molecule has 0 heterocycles. The summed E-state index contributed by atoms with van der Waals surface area (Å²) in [7, 11) is -9.28. The zero-order valence-corrected chi connectivity index (χ0v) is 11.5. The summed E-state index contributed by atoms with van der Waals surface area (Å²) in [5.74, 6) is 0. The van der Waals surface area contributed by atoms with Crippen molar-refractivity contribution in [3.8, 4) is 0 Å². The monoisotopic (exact) mass is 265 g/mol. The molecule has 86 valence electrons. The molecule has 0 aromatic carbocycles. The number of nitrogens with two attached hydrogens (primary N) is 1. The van der Waals surface area contributed by atoms with Crippen LogP contribution in [0.15, 0.2) is 0 Å². The fourth-order valence-electron chi connectivity index (χ4n) is 0. The minimum absolute atomic E-state index is 0. The van der Waals surface area contributed by atoms with Crippen LogP contribution >= 0.6 is 15.6 Å². The molecule has 0 atom stereocenters. The van der Waals surface area contributed by atoms with Gasteiger partial charge in [-0.25, -0.2) is 9.13 Å². The summed E-state index contributed by atoms with van der Waals surface area (Å²) in [6.07, 6.45) is 0.